The van der Waals surface area contributed by atoms with Gasteiger partial charge in [-0.1, -0.05) is 12.1 Å². The summed E-state index contributed by atoms with van der Waals surface area (Å²) in [5, 5.41) is 8.87. The Hall–Kier alpha value is -1.21. The van der Waals surface area contributed by atoms with Crippen molar-refractivity contribution in [3.8, 4) is 0 Å². The Morgan fingerprint density at radius 2 is 1.86 bits per heavy atom. The zero-order valence-electron chi connectivity index (χ0n) is 12.0. The van der Waals surface area contributed by atoms with Crippen LogP contribution in [0, 0.1) is 6.92 Å². The topological polar surface area (TPSA) is 66.4 Å². The highest BCUT2D eigenvalue weighted by Gasteiger charge is 2.19. The summed E-state index contributed by atoms with van der Waals surface area (Å²) in [6.07, 6.45) is 0.526. The standard InChI is InChI=1S/C15H19NO3S2/c1-11-3-8-15(20-11)12(2)16-21(18,19)14-6-4-13(5-7-14)9-10-17/h3-8,12,16-17H,9-10H2,1-2H3. The smallest absolute Gasteiger partial charge is 0.241 e. The summed E-state index contributed by atoms with van der Waals surface area (Å²) in [7, 11) is -3.54. The van der Waals surface area contributed by atoms with Gasteiger partial charge in [0.1, 0.15) is 0 Å². The van der Waals surface area contributed by atoms with Crippen molar-refractivity contribution in [2.75, 3.05) is 6.61 Å². The zero-order valence-corrected chi connectivity index (χ0v) is 13.7. The fraction of sp³-hybridized carbons (Fsp3) is 0.333. The maximum Gasteiger partial charge on any atom is 0.241 e. The first-order valence-corrected chi connectivity index (χ1v) is 9.01. The molecule has 1 aromatic carbocycles. The van der Waals surface area contributed by atoms with E-state index in [4.69, 9.17) is 5.11 Å². The van der Waals surface area contributed by atoms with Crippen molar-refractivity contribution in [1.82, 2.24) is 4.72 Å². The van der Waals surface area contributed by atoms with Crippen LogP contribution < -0.4 is 4.72 Å². The predicted molar refractivity (Wildman–Crippen MR) is 85.0 cm³/mol. The van der Waals surface area contributed by atoms with Crippen LogP contribution in [0.5, 0.6) is 0 Å². The predicted octanol–water partition coefficient (Wildman–Crippen LogP) is 2.63. The van der Waals surface area contributed by atoms with Crippen LogP contribution in [0.1, 0.15) is 28.3 Å². The van der Waals surface area contributed by atoms with Crippen LogP contribution in [0.3, 0.4) is 0 Å². The third-order valence-electron chi connectivity index (χ3n) is 3.15. The van der Waals surface area contributed by atoms with E-state index in [1.807, 2.05) is 26.0 Å². The fourth-order valence-corrected chi connectivity index (χ4v) is 4.19. The fourth-order valence-electron chi connectivity index (χ4n) is 2.01. The lowest BCUT2D eigenvalue weighted by atomic mass is 10.2. The second-order valence-electron chi connectivity index (χ2n) is 4.91. The van der Waals surface area contributed by atoms with E-state index in [-0.39, 0.29) is 17.5 Å². The van der Waals surface area contributed by atoms with Crippen molar-refractivity contribution >= 4 is 21.4 Å². The van der Waals surface area contributed by atoms with E-state index in [0.717, 1.165) is 15.3 Å². The van der Waals surface area contributed by atoms with E-state index in [9.17, 15) is 8.42 Å². The molecule has 1 aromatic heterocycles. The van der Waals surface area contributed by atoms with Crippen LogP contribution in [0.25, 0.3) is 0 Å². The number of aryl methyl sites for hydroxylation is 1. The van der Waals surface area contributed by atoms with Crippen LogP contribution in [0.15, 0.2) is 41.3 Å². The zero-order chi connectivity index (χ0) is 15.5. The Labute approximate surface area is 129 Å². The van der Waals surface area contributed by atoms with Gasteiger partial charge in [0.25, 0.3) is 0 Å². The van der Waals surface area contributed by atoms with E-state index in [0.29, 0.717) is 6.42 Å². The van der Waals surface area contributed by atoms with E-state index < -0.39 is 10.0 Å². The average molecular weight is 325 g/mol. The summed E-state index contributed by atoms with van der Waals surface area (Å²) >= 11 is 1.59. The lowest BCUT2D eigenvalue weighted by Gasteiger charge is -2.13. The van der Waals surface area contributed by atoms with E-state index in [2.05, 4.69) is 4.72 Å². The van der Waals surface area contributed by atoms with Crippen molar-refractivity contribution in [1.29, 1.82) is 0 Å². The Morgan fingerprint density at radius 1 is 1.19 bits per heavy atom. The molecule has 1 unspecified atom stereocenters. The first-order chi connectivity index (χ1) is 9.92. The van der Waals surface area contributed by atoms with Crippen molar-refractivity contribution in [2.24, 2.45) is 0 Å². The molecule has 0 saturated carbocycles. The molecule has 114 valence electrons. The highest BCUT2D eigenvalue weighted by Crippen LogP contribution is 2.24. The van der Waals surface area contributed by atoms with Gasteiger partial charge < -0.3 is 5.11 Å². The maximum atomic E-state index is 12.3. The molecule has 0 saturated heterocycles. The van der Waals surface area contributed by atoms with Crippen LogP contribution in [0.2, 0.25) is 0 Å². The number of rotatable bonds is 6. The van der Waals surface area contributed by atoms with Gasteiger partial charge in [0.2, 0.25) is 10.0 Å². The number of benzene rings is 1. The van der Waals surface area contributed by atoms with E-state index >= 15 is 0 Å². The monoisotopic (exact) mass is 325 g/mol. The largest absolute Gasteiger partial charge is 0.396 e. The lowest BCUT2D eigenvalue weighted by Crippen LogP contribution is -2.26. The summed E-state index contributed by atoms with van der Waals surface area (Å²) in [6.45, 7) is 3.89. The maximum absolute atomic E-state index is 12.3. The minimum Gasteiger partial charge on any atom is -0.396 e. The van der Waals surface area contributed by atoms with Gasteiger partial charge in [-0.05, 0) is 50.1 Å². The van der Waals surface area contributed by atoms with Crippen LogP contribution in [-0.2, 0) is 16.4 Å². The molecule has 0 radical (unpaired) electrons. The molecule has 0 aliphatic heterocycles. The first kappa shape index (κ1) is 16.2. The molecule has 2 rings (SSSR count). The Morgan fingerprint density at radius 3 is 2.38 bits per heavy atom. The van der Waals surface area contributed by atoms with Crippen molar-refractivity contribution < 1.29 is 13.5 Å². The Balaban J connectivity index is 2.14. The summed E-state index contributed by atoms with van der Waals surface area (Å²) in [6, 6.07) is 10.3. The number of sulfonamides is 1. The number of hydrogen-bond acceptors (Lipinski definition) is 4. The van der Waals surface area contributed by atoms with Crippen LogP contribution >= 0.6 is 11.3 Å². The number of hydrogen-bond donors (Lipinski definition) is 2. The van der Waals surface area contributed by atoms with Crippen LogP contribution in [-0.4, -0.2) is 20.1 Å². The summed E-state index contributed by atoms with van der Waals surface area (Å²) < 4.78 is 27.4. The first-order valence-electron chi connectivity index (χ1n) is 6.71. The van der Waals surface area contributed by atoms with Crippen molar-refractivity contribution in [3.05, 3.63) is 51.7 Å². The second-order valence-corrected chi connectivity index (χ2v) is 7.94. The molecular weight excluding hydrogens is 306 g/mol. The molecule has 0 spiro atoms. The van der Waals surface area contributed by atoms with Crippen LogP contribution in [0.4, 0.5) is 0 Å². The molecule has 0 bridgehead atoms. The van der Waals surface area contributed by atoms with E-state index in [1.165, 1.54) is 0 Å². The van der Waals surface area contributed by atoms with Crippen molar-refractivity contribution in [2.45, 2.75) is 31.2 Å². The normalized spacial score (nSPS) is 13.3. The number of aliphatic hydroxyl groups excluding tert-OH is 1. The van der Waals surface area contributed by atoms with Gasteiger partial charge in [-0.2, -0.15) is 0 Å². The Kier molecular flexibility index (Phi) is 5.16. The van der Waals surface area contributed by atoms with Gasteiger partial charge in [0.05, 0.1) is 10.9 Å². The third kappa shape index (κ3) is 4.14. The molecule has 1 atom stereocenters. The van der Waals surface area contributed by atoms with Gasteiger partial charge in [0.15, 0.2) is 0 Å². The average Bonchev–Trinajstić information content (AvgIpc) is 2.86. The molecule has 21 heavy (non-hydrogen) atoms. The third-order valence-corrected chi connectivity index (χ3v) is 5.89. The molecule has 0 aliphatic carbocycles. The molecule has 1 heterocycles. The van der Waals surface area contributed by atoms with Gasteiger partial charge >= 0.3 is 0 Å². The molecular formula is C15H19NO3S2. The lowest BCUT2D eigenvalue weighted by molar-refractivity contribution is 0.299. The second kappa shape index (κ2) is 6.70. The highest BCUT2D eigenvalue weighted by atomic mass is 32.2. The minimum absolute atomic E-state index is 0.0547. The Bertz CT molecular complexity index is 690. The molecule has 4 nitrogen and oxygen atoms in total. The summed E-state index contributed by atoms with van der Waals surface area (Å²) in [4.78, 5) is 2.39. The highest BCUT2D eigenvalue weighted by molar-refractivity contribution is 7.89. The van der Waals surface area contributed by atoms with Gasteiger partial charge in [-0.15, -0.1) is 11.3 Å². The summed E-state index contributed by atoms with van der Waals surface area (Å²) in [5.41, 5.74) is 0.915. The summed E-state index contributed by atoms with van der Waals surface area (Å²) in [5.74, 6) is 0. The molecule has 0 amide bonds. The number of thiophene rings is 1. The molecule has 0 aliphatic rings. The van der Waals surface area contributed by atoms with Gasteiger partial charge in [0, 0.05) is 16.4 Å². The number of nitrogens with one attached hydrogen (secondary N) is 1. The molecule has 0 fully saturated rings. The quantitative estimate of drug-likeness (QED) is 0.858. The van der Waals surface area contributed by atoms with Gasteiger partial charge in [-0.25, -0.2) is 13.1 Å². The van der Waals surface area contributed by atoms with Gasteiger partial charge in [-0.3, -0.25) is 0 Å². The molecule has 2 N–H and O–H groups in total. The molecule has 6 heteroatoms. The molecule has 2 aromatic rings. The SMILES string of the molecule is Cc1ccc(C(C)NS(=O)(=O)c2ccc(CCO)cc2)s1. The number of aliphatic hydroxyl groups is 1. The van der Waals surface area contributed by atoms with Crippen molar-refractivity contribution in [3.63, 3.8) is 0 Å². The minimum atomic E-state index is -3.54. The van der Waals surface area contributed by atoms with E-state index in [1.54, 1.807) is 35.6 Å².